The van der Waals surface area contributed by atoms with Crippen LogP contribution in [0, 0.1) is 18.8 Å². The molecule has 120 valence electrons. The minimum atomic E-state index is -0.448. The number of rotatable bonds is 3. The van der Waals surface area contributed by atoms with Gasteiger partial charge in [-0.25, -0.2) is 0 Å². The molecule has 4 unspecified atom stereocenters. The summed E-state index contributed by atoms with van der Waals surface area (Å²) in [6.45, 7) is 8.21. The molecule has 0 saturated carbocycles. The van der Waals surface area contributed by atoms with Crippen LogP contribution in [0.15, 0.2) is 43.1 Å². The van der Waals surface area contributed by atoms with E-state index in [0.29, 0.717) is 11.8 Å². The molecule has 0 amide bonds. The number of fused-ring (bicyclic) bond motifs is 4. The third kappa shape index (κ3) is 2.48. The molecule has 1 aromatic heterocycles. The Kier molecular flexibility index (Phi) is 3.70. The van der Waals surface area contributed by atoms with Crippen LogP contribution >= 0.6 is 0 Å². The van der Waals surface area contributed by atoms with Crippen LogP contribution in [0.4, 0.5) is 0 Å². The Morgan fingerprint density at radius 2 is 2.26 bits per heavy atom. The summed E-state index contributed by atoms with van der Waals surface area (Å²) in [4.78, 5) is 6.90. The fourth-order valence-electron chi connectivity index (χ4n) is 4.45. The fraction of sp³-hybridized carbons (Fsp3) is 0.450. The van der Waals surface area contributed by atoms with Gasteiger partial charge in [-0.05, 0) is 61.9 Å². The van der Waals surface area contributed by atoms with Crippen molar-refractivity contribution in [2.75, 3.05) is 13.1 Å². The standard InChI is InChI=1S/C20H24N2O/c1-3-14-12-22-9-7-15(14)11-19(22)20(23)16-6-8-21-18-5-4-13(2)10-17(16)18/h3-6,8,10,14-15,19-20,23H,1,7,9,11-12H2,2H3/t14?,15?,19?,20-/m0/s1. The molecule has 2 aromatic rings. The Hall–Kier alpha value is -1.71. The van der Waals surface area contributed by atoms with E-state index in [-0.39, 0.29) is 6.04 Å². The Morgan fingerprint density at radius 3 is 3.00 bits per heavy atom. The molecular weight excluding hydrogens is 284 g/mol. The molecule has 3 heteroatoms. The van der Waals surface area contributed by atoms with Crippen LogP contribution in [0.25, 0.3) is 10.9 Å². The zero-order valence-electron chi connectivity index (χ0n) is 13.7. The van der Waals surface area contributed by atoms with Gasteiger partial charge in [-0.3, -0.25) is 9.88 Å². The quantitative estimate of drug-likeness (QED) is 0.882. The third-order valence-electron chi connectivity index (χ3n) is 5.77. The number of piperidine rings is 3. The van der Waals surface area contributed by atoms with Crippen molar-refractivity contribution in [3.05, 3.63) is 54.2 Å². The highest BCUT2D eigenvalue weighted by Crippen LogP contribution is 2.41. The van der Waals surface area contributed by atoms with Gasteiger partial charge in [0.25, 0.3) is 0 Å². The van der Waals surface area contributed by atoms with E-state index < -0.39 is 6.10 Å². The number of pyridine rings is 1. The fourth-order valence-corrected chi connectivity index (χ4v) is 4.45. The number of aliphatic hydroxyl groups excluding tert-OH is 1. The van der Waals surface area contributed by atoms with Gasteiger partial charge in [0, 0.05) is 24.2 Å². The van der Waals surface area contributed by atoms with Crippen molar-refractivity contribution in [3.8, 4) is 0 Å². The minimum Gasteiger partial charge on any atom is -0.387 e. The second-order valence-electron chi connectivity index (χ2n) is 7.11. The molecular formula is C20H24N2O. The number of hydrogen-bond acceptors (Lipinski definition) is 3. The van der Waals surface area contributed by atoms with Gasteiger partial charge >= 0.3 is 0 Å². The minimum absolute atomic E-state index is 0.219. The highest BCUT2D eigenvalue weighted by atomic mass is 16.3. The summed E-state index contributed by atoms with van der Waals surface area (Å²) in [6, 6.07) is 8.47. The van der Waals surface area contributed by atoms with Crippen molar-refractivity contribution in [2.24, 2.45) is 11.8 Å². The molecule has 1 N–H and O–H groups in total. The summed E-state index contributed by atoms with van der Waals surface area (Å²) >= 11 is 0. The summed E-state index contributed by atoms with van der Waals surface area (Å²) in [5.41, 5.74) is 3.19. The van der Waals surface area contributed by atoms with Gasteiger partial charge in [0.1, 0.15) is 0 Å². The lowest BCUT2D eigenvalue weighted by molar-refractivity contribution is -0.0444. The van der Waals surface area contributed by atoms with E-state index in [4.69, 9.17) is 0 Å². The molecule has 1 aromatic carbocycles. The maximum Gasteiger partial charge on any atom is 0.0952 e. The molecule has 2 bridgehead atoms. The first-order valence-corrected chi connectivity index (χ1v) is 8.57. The van der Waals surface area contributed by atoms with Gasteiger partial charge in [-0.1, -0.05) is 17.7 Å². The van der Waals surface area contributed by atoms with E-state index >= 15 is 0 Å². The number of benzene rings is 1. The Labute approximate surface area is 137 Å². The summed E-state index contributed by atoms with van der Waals surface area (Å²) in [5, 5.41) is 12.2. The van der Waals surface area contributed by atoms with Crippen LogP contribution in [0.3, 0.4) is 0 Å². The molecule has 0 aliphatic carbocycles. The molecule has 3 aliphatic heterocycles. The first-order valence-electron chi connectivity index (χ1n) is 8.57. The first kappa shape index (κ1) is 14.9. The van der Waals surface area contributed by atoms with Gasteiger partial charge in [-0.2, -0.15) is 0 Å². The second-order valence-corrected chi connectivity index (χ2v) is 7.11. The molecule has 5 atom stereocenters. The number of hydrogen-bond donors (Lipinski definition) is 1. The van der Waals surface area contributed by atoms with Crippen molar-refractivity contribution < 1.29 is 5.11 Å². The van der Waals surface area contributed by atoms with Crippen LogP contribution in [-0.4, -0.2) is 34.1 Å². The van der Waals surface area contributed by atoms with Crippen molar-refractivity contribution in [1.82, 2.24) is 9.88 Å². The lowest BCUT2D eigenvalue weighted by Crippen LogP contribution is -2.54. The average molecular weight is 308 g/mol. The van der Waals surface area contributed by atoms with Crippen molar-refractivity contribution >= 4 is 10.9 Å². The van der Waals surface area contributed by atoms with E-state index in [1.807, 2.05) is 18.3 Å². The van der Waals surface area contributed by atoms with Crippen LogP contribution in [0.2, 0.25) is 0 Å². The summed E-state index contributed by atoms with van der Waals surface area (Å²) in [7, 11) is 0. The molecule has 0 radical (unpaired) electrons. The number of aromatic nitrogens is 1. The van der Waals surface area contributed by atoms with E-state index in [9.17, 15) is 5.11 Å². The Morgan fingerprint density at radius 1 is 1.39 bits per heavy atom. The zero-order chi connectivity index (χ0) is 16.0. The van der Waals surface area contributed by atoms with Crippen LogP contribution in [0.5, 0.6) is 0 Å². The van der Waals surface area contributed by atoms with Crippen LogP contribution in [0.1, 0.15) is 30.1 Å². The van der Waals surface area contributed by atoms with E-state index in [2.05, 4.69) is 41.6 Å². The van der Waals surface area contributed by atoms with Crippen LogP contribution < -0.4 is 0 Å². The van der Waals surface area contributed by atoms with E-state index in [1.165, 1.54) is 12.0 Å². The van der Waals surface area contributed by atoms with Gasteiger partial charge < -0.3 is 5.11 Å². The maximum atomic E-state index is 11.1. The SMILES string of the molecule is C=CC1CN2CCC1CC2[C@@H](O)c1ccnc2ccc(C)cc12. The smallest absolute Gasteiger partial charge is 0.0952 e. The number of aryl methyl sites for hydroxylation is 1. The van der Waals surface area contributed by atoms with Crippen LogP contribution in [-0.2, 0) is 0 Å². The first-order chi connectivity index (χ1) is 11.2. The molecule has 5 rings (SSSR count). The topological polar surface area (TPSA) is 36.4 Å². The molecule has 3 nitrogen and oxygen atoms in total. The summed E-state index contributed by atoms with van der Waals surface area (Å²) in [6.07, 6.45) is 5.77. The predicted molar refractivity (Wildman–Crippen MR) is 93.2 cm³/mol. The summed E-state index contributed by atoms with van der Waals surface area (Å²) in [5.74, 6) is 1.26. The Balaban J connectivity index is 1.69. The van der Waals surface area contributed by atoms with Gasteiger partial charge in [0.2, 0.25) is 0 Å². The average Bonchev–Trinajstić information content (AvgIpc) is 2.60. The molecule has 4 heterocycles. The van der Waals surface area contributed by atoms with Crippen molar-refractivity contribution in [1.29, 1.82) is 0 Å². The molecule has 3 aliphatic rings. The van der Waals surface area contributed by atoms with Gasteiger partial charge in [-0.15, -0.1) is 6.58 Å². The highest BCUT2D eigenvalue weighted by molar-refractivity contribution is 5.83. The largest absolute Gasteiger partial charge is 0.387 e. The molecule has 3 fully saturated rings. The van der Waals surface area contributed by atoms with Crippen molar-refractivity contribution in [2.45, 2.75) is 31.9 Å². The second kappa shape index (κ2) is 5.73. The zero-order valence-corrected chi connectivity index (χ0v) is 13.7. The number of aliphatic hydroxyl groups is 1. The van der Waals surface area contributed by atoms with Crippen molar-refractivity contribution in [3.63, 3.8) is 0 Å². The Bertz CT molecular complexity index is 741. The molecule has 23 heavy (non-hydrogen) atoms. The van der Waals surface area contributed by atoms with E-state index in [0.717, 1.165) is 36.0 Å². The lowest BCUT2D eigenvalue weighted by Gasteiger charge is -2.50. The molecule has 0 spiro atoms. The lowest BCUT2D eigenvalue weighted by atomic mass is 9.73. The third-order valence-corrected chi connectivity index (χ3v) is 5.77. The molecule has 3 saturated heterocycles. The predicted octanol–water partition coefficient (Wildman–Crippen LogP) is 3.47. The maximum absolute atomic E-state index is 11.1. The summed E-state index contributed by atoms with van der Waals surface area (Å²) < 4.78 is 0. The van der Waals surface area contributed by atoms with Gasteiger partial charge in [0.15, 0.2) is 0 Å². The normalized spacial score (nSPS) is 31.2. The van der Waals surface area contributed by atoms with E-state index in [1.54, 1.807) is 0 Å². The number of nitrogens with zero attached hydrogens (tertiary/aromatic N) is 2. The highest BCUT2D eigenvalue weighted by Gasteiger charge is 2.42. The monoisotopic (exact) mass is 308 g/mol. The van der Waals surface area contributed by atoms with Gasteiger partial charge in [0.05, 0.1) is 11.6 Å².